The SMILES string of the molecule is COc1cc(CC(Cl)c2cc3ccccc3s2)ncn1. The van der Waals surface area contributed by atoms with E-state index in [1.165, 1.54) is 16.4 Å². The average Bonchev–Trinajstić information content (AvgIpc) is 2.91. The lowest BCUT2D eigenvalue weighted by molar-refractivity contribution is 0.396. The van der Waals surface area contributed by atoms with Gasteiger partial charge in [-0.25, -0.2) is 9.97 Å². The van der Waals surface area contributed by atoms with Crippen LogP contribution in [-0.2, 0) is 6.42 Å². The highest BCUT2D eigenvalue weighted by molar-refractivity contribution is 7.19. The summed E-state index contributed by atoms with van der Waals surface area (Å²) in [5.41, 5.74) is 0.884. The zero-order valence-electron chi connectivity index (χ0n) is 10.9. The van der Waals surface area contributed by atoms with E-state index in [1.807, 2.05) is 18.2 Å². The number of rotatable bonds is 4. The van der Waals surface area contributed by atoms with Gasteiger partial charge in [-0.2, -0.15) is 0 Å². The van der Waals surface area contributed by atoms with E-state index in [1.54, 1.807) is 18.4 Å². The summed E-state index contributed by atoms with van der Waals surface area (Å²) in [4.78, 5) is 9.39. The normalized spacial score (nSPS) is 12.5. The van der Waals surface area contributed by atoms with Crippen LogP contribution in [0.25, 0.3) is 10.1 Å². The van der Waals surface area contributed by atoms with E-state index in [2.05, 4.69) is 28.2 Å². The predicted molar refractivity (Wildman–Crippen MR) is 82.7 cm³/mol. The standard InChI is InChI=1S/C15H13ClN2OS/c1-19-15-8-11(17-9-18-15)7-12(16)14-6-10-4-2-3-5-13(10)20-14/h2-6,8-9,12H,7H2,1H3. The molecule has 1 unspecified atom stereocenters. The molecule has 0 aliphatic rings. The number of methoxy groups -OCH3 is 1. The van der Waals surface area contributed by atoms with Gasteiger partial charge >= 0.3 is 0 Å². The number of hydrogen-bond acceptors (Lipinski definition) is 4. The minimum absolute atomic E-state index is 0.0907. The van der Waals surface area contributed by atoms with Crippen molar-refractivity contribution in [1.29, 1.82) is 0 Å². The summed E-state index contributed by atoms with van der Waals surface area (Å²) in [6.07, 6.45) is 2.16. The number of nitrogens with zero attached hydrogens (tertiary/aromatic N) is 2. The van der Waals surface area contributed by atoms with Crippen LogP contribution in [0.2, 0.25) is 0 Å². The van der Waals surface area contributed by atoms with Gasteiger partial charge in [0.05, 0.1) is 12.5 Å². The minimum atomic E-state index is -0.0907. The second-order valence-corrected chi connectivity index (χ2v) is 6.05. The second kappa shape index (κ2) is 5.77. The third-order valence-electron chi connectivity index (χ3n) is 3.05. The molecule has 0 aliphatic carbocycles. The molecule has 0 N–H and O–H groups in total. The Morgan fingerprint density at radius 3 is 2.90 bits per heavy atom. The molecule has 0 bridgehead atoms. The molecular weight excluding hydrogens is 292 g/mol. The van der Waals surface area contributed by atoms with Gasteiger partial charge in [-0.05, 0) is 17.5 Å². The Balaban J connectivity index is 1.82. The summed E-state index contributed by atoms with van der Waals surface area (Å²) in [6.45, 7) is 0. The largest absolute Gasteiger partial charge is 0.481 e. The molecule has 0 fully saturated rings. The van der Waals surface area contributed by atoms with Gasteiger partial charge in [-0.1, -0.05) is 18.2 Å². The lowest BCUT2D eigenvalue weighted by atomic mass is 10.2. The van der Waals surface area contributed by atoms with Crippen molar-refractivity contribution in [2.45, 2.75) is 11.8 Å². The molecule has 20 heavy (non-hydrogen) atoms. The van der Waals surface area contributed by atoms with Crippen LogP contribution in [0.15, 0.2) is 42.7 Å². The van der Waals surface area contributed by atoms with Crippen LogP contribution in [-0.4, -0.2) is 17.1 Å². The zero-order valence-corrected chi connectivity index (χ0v) is 12.5. The molecule has 5 heteroatoms. The molecule has 1 atom stereocenters. The van der Waals surface area contributed by atoms with Crippen LogP contribution in [0.1, 0.15) is 15.9 Å². The molecule has 0 amide bonds. The van der Waals surface area contributed by atoms with Crippen molar-refractivity contribution in [3.8, 4) is 5.88 Å². The summed E-state index contributed by atoms with van der Waals surface area (Å²) in [5.74, 6) is 0.565. The first kappa shape index (κ1) is 13.3. The van der Waals surface area contributed by atoms with Crippen molar-refractivity contribution in [3.63, 3.8) is 0 Å². The Morgan fingerprint density at radius 2 is 2.10 bits per heavy atom. The highest BCUT2D eigenvalue weighted by Gasteiger charge is 2.13. The first-order valence-corrected chi connectivity index (χ1v) is 7.49. The van der Waals surface area contributed by atoms with Gasteiger partial charge in [-0.3, -0.25) is 0 Å². The molecule has 3 rings (SSSR count). The summed E-state index contributed by atoms with van der Waals surface area (Å²) in [5, 5.41) is 1.14. The van der Waals surface area contributed by atoms with E-state index in [4.69, 9.17) is 16.3 Å². The minimum Gasteiger partial charge on any atom is -0.481 e. The number of ether oxygens (including phenoxy) is 1. The summed E-state index contributed by atoms with van der Waals surface area (Å²) < 4.78 is 6.36. The van der Waals surface area contributed by atoms with Crippen molar-refractivity contribution < 1.29 is 4.74 Å². The third-order valence-corrected chi connectivity index (χ3v) is 4.80. The fourth-order valence-corrected chi connectivity index (χ4v) is 3.44. The molecule has 0 saturated carbocycles. The number of alkyl halides is 1. The Kier molecular flexibility index (Phi) is 3.85. The van der Waals surface area contributed by atoms with Crippen LogP contribution in [0.3, 0.4) is 0 Å². The van der Waals surface area contributed by atoms with E-state index in [0.29, 0.717) is 12.3 Å². The molecule has 0 saturated heterocycles. The Labute approximate surface area is 126 Å². The van der Waals surface area contributed by atoms with Gasteiger partial charge in [0.15, 0.2) is 0 Å². The lowest BCUT2D eigenvalue weighted by Gasteiger charge is -2.07. The quantitative estimate of drug-likeness (QED) is 0.677. The Hall–Kier alpha value is -1.65. The predicted octanol–water partition coefficient (Wildman–Crippen LogP) is 4.22. The summed E-state index contributed by atoms with van der Waals surface area (Å²) >= 11 is 8.24. The summed E-state index contributed by atoms with van der Waals surface area (Å²) in [7, 11) is 1.59. The number of halogens is 1. The van der Waals surface area contributed by atoms with Gasteiger partial charge in [0, 0.05) is 27.8 Å². The first-order chi connectivity index (χ1) is 9.76. The van der Waals surface area contributed by atoms with Crippen molar-refractivity contribution in [2.75, 3.05) is 7.11 Å². The zero-order chi connectivity index (χ0) is 13.9. The number of hydrogen-bond donors (Lipinski definition) is 0. The van der Waals surface area contributed by atoms with Gasteiger partial charge in [0.1, 0.15) is 6.33 Å². The molecular formula is C15H13ClN2OS. The number of benzene rings is 1. The fraction of sp³-hybridized carbons (Fsp3) is 0.200. The van der Waals surface area contributed by atoms with Gasteiger partial charge in [-0.15, -0.1) is 22.9 Å². The van der Waals surface area contributed by atoms with Crippen LogP contribution in [0.5, 0.6) is 5.88 Å². The lowest BCUT2D eigenvalue weighted by Crippen LogP contribution is -1.98. The molecule has 1 aromatic carbocycles. The van der Waals surface area contributed by atoms with Crippen molar-refractivity contribution in [2.24, 2.45) is 0 Å². The maximum absolute atomic E-state index is 6.52. The van der Waals surface area contributed by atoms with Gasteiger partial charge in [0.25, 0.3) is 0 Å². The van der Waals surface area contributed by atoms with E-state index in [9.17, 15) is 0 Å². The third kappa shape index (κ3) is 2.76. The molecule has 3 aromatic rings. The van der Waals surface area contributed by atoms with Crippen LogP contribution in [0.4, 0.5) is 0 Å². The number of aromatic nitrogens is 2. The monoisotopic (exact) mass is 304 g/mol. The molecule has 0 radical (unpaired) electrons. The van der Waals surface area contributed by atoms with Crippen LogP contribution in [0, 0.1) is 0 Å². The molecule has 0 aliphatic heterocycles. The van der Waals surface area contributed by atoms with Crippen LogP contribution >= 0.6 is 22.9 Å². The van der Waals surface area contributed by atoms with E-state index < -0.39 is 0 Å². The summed E-state index contributed by atoms with van der Waals surface area (Å²) in [6, 6.07) is 12.3. The highest BCUT2D eigenvalue weighted by Crippen LogP contribution is 2.34. The van der Waals surface area contributed by atoms with Gasteiger partial charge < -0.3 is 4.74 Å². The maximum Gasteiger partial charge on any atom is 0.216 e. The Morgan fingerprint density at radius 1 is 1.25 bits per heavy atom. The second-order valence-electron chi connectivity index (χ2n) is 4.41. The molecule has 102 valence electrons. The number of thiophene rings is 1. The van der Waals surface area contributed by atoms with E-state index in [-0.39, 0.29) is 5.38 Å². The van der Waals surface area contributed by atoms with Crippen LogP contribution < -0.4 is 4.74 Å². The average molecular weight is 305 g/mol. The first-order valence-electron chi connectivity index (χ1n) is 6.23. The van der Waals surface area contributed by atoms with E-state index >= 15 is 0 Å². The van der Waals surface area contributed by atoms with E-state index in [0.717, 1.165) is 10.6 Å². The van der Waals surface area contributed by atoms with Crippen molar-refractivity contribution >= 4 is 33.0 Å². The fourth-order valence-electron chi connectivity index (χ4n) is 2.04. The topological polar surface area (TPSA) is 35.0 Å². The molecule has 2 heterocycles. The Bertz CT molecular complexity index is 695. The highest BCUT2D eigenvalue weighted by atomic mass is 35.5. The molecule has 2 aromatic heterocycles. The molecule has 3 nitrogen and oxygen atoms in total. The smallest absolute Gasteiger partial charge is 0.216 e. The maximum atomic E-state index is 6.52. The molecule has 0 spiro atoms. The van der Waals surface area contributed by atoms with Crippen molar-refractivity contribution in [1.82, 2.24) is 9.97 Å². The van der Waals surface area contributed by atoms with Gasteiger partial charge in [0.2, 0.25) is 5.88 Å². The number of fused-ring (bicyclic) bond motifs is 1. The van der Waals surface area contributed by atoms with Crippen molar-refractivity contribution in [3.05, 3.63) is 53.3 Å².